The van der Waals surface area contributed by atoms with Gasteiger partial charge in [0.2, 0.25) is 11.8 Å². The third-order valence-electron chi connectivity index (χ3n) is 5.31. The van der Waals surface area contributed by atoms with E-state index in [0.29, 0.717) is 13.1 Å². The molecule has 2 heterocycles. The molecule has 0 saturated carbocycles. The summed E-state index contributed by atoms with van der Waals surface area (Å²) in [5.74, 6) is -0.116. The van der Waals surface area contributed by atoms with E-state index in [0.717, 1.165) is 17.5 Å². The summed E-state index contributed by atoms with van der Waals surface area (Å²) in [6.45, 7) is 10.9. The van der Waals surface area contributed by atoms with Gasteiger partial charge in [0.1, 0.15) is 5.82 Å². The first kappa shape index (κ1) is 22.5. The van der Waals surface area contributed by atoms with Crippen molar-refractivity contribution in [3.8, 4) is 0 Å². The minimum Gasteiger partial charge on any atom is -0.333 e. The van der Waals surface area contributed by atoms with Gasteiger partial charge in [0.25, 0.3) is 0 Å². The fourth-order valence-electron chi connectivity index (χ4n) is 3.98. The summed E-state index contributed by atoms with van der Waals surface area (Å²) in [7, 11) is 0. The molecule has 3 rings (SSSR count). The summed E-state index contributed by atoms with van der Waals surface area (Å²) >= 11 is 1.69. The van der Waals surface area contributed by atoms with Gasteiger partial charge >= 0.3 is 0 Å². The standard InChI is InChI=1S/C24H31FN2O2S/c1-16(2)14-26(23(29)24(3,4)5)15-21(28)27-12-10-20-19(11-13-30-20)22(27)17-6-8-18(25)9-7-17/h6-9,11,13,16,22H,10,12,14-15H2,1-5H3. The molecule has 6 heteroatoms. The molecule has 0 N–H and O–H groups in total. The second kappa shape index (κ2) is 8.88. The Labute approximate surface area is 182 Å². The molecule has 1 atom stereocenters. The van der Waals surface area contributed by atoms with Gasteiger partial charge in [-0.3, -0.25) is 9.59 Å². The molecule has 0 aliphatic carbocycles. The minimum absolute atomic E-state index is 0.0175. The predicted molar refractivity (Wildman–Crippen MR) is 119 cm³/mol. The van der Waals surface area contributed by atoms with Crippen LogP contribution in [0.1, 0.15) is 56.7 Å². The quantitative estimate of drug-likeness (QED) is 0.677. The molecule has 0 saturated heterocycles. The molecule has 1 unspecified atom stereocenters. The third kappa shape index (κ3) is 4.91. The van der Waals surface area contributed by atoms with Crippen molar-refractivity contribution in [1.29, 1.82) is 0 Å². The molecule has 1 aromatic carbocycles. The number of amides is 2. The maximum absolute atomic E-state index is 13.5. The average Bonchev–Trinajstić information content (AvgIpc) is 3.14. The number of carbonyl (C=O) groups is 2. The number of benzene rings is 1. The lowest BCUT2D eigenvalue weighted by molar-refractivity contribution is -0.146. The number of thiophene rings is 1. The van der Waals surface area contributed by atoms with E-state index >= 15 is 0 Å². The van der Waals surface area contributed by atoms with Crippen LogP contribution in [0.15, 0.2) is 35.7 Å². The van der Waals surface area contributed by atoms with Crippen LogP contribution in [-0.4, -0.2) is 41.2 Å². The average molecular weight is 431 g/mol. The molecule has 0 bridgehead atoms. The van der Waals surface area contributed by atoms with E-state index in [1.165, 1.54) is 17.0 Å². The first-order chi connectivity index (χ1) is 14.1. The van der Waals surface area contributed by atoms with Gasteiger partial charge in [0.15, 0.2) is 0 Å². The molecule has 1 aliphatic rings. The van der Waals surface area contributed by atoms with Crippen molar-refractivity contribution in [3.05, 3.63) is 57.5 Å². The van der Waals surface area contributed by atoms with E-state index in [2.05, 4.69) is 6.07 Å². The van der Waals surface area contributed by atoms with Crippen LogP contribution < -0.4 is 0 Å². The van der Waals surface area contributed by atoms with E-state index < -0.39 is 5.41 Å². The predicted octanol–water partition coefficient (Wildman–Crippen LogP) is 4.89. The molecule has 2 aromatic rings. The maximum Gasteiger partial charge on any atom is 0.242 e. The summed E-state index contributed by atoms with van der Waals surface area (Å²) < 4.78 is 13.5. The monoisotopic (exact) mass is 430 g/mol. The molecule has 0 fully saturated rings. The lowest BCUT2D eigenvalue weighted by Crippen LogP contribution is -2.49. The molecule has 30 heavy (non-hydrogen) atoms. The van der Waals surface area contributed by atoms with Gasteiger partial charge < -0.3 is 9.80 Å². The Morgan fingerprint density at radius 3 is 2.47 bits per heavy atom. The molecular weight excluding hydrogens is 399 g/mol. The summed E-state index contributed by atoms with van der Waals surface area (Å²) in [5.41, 5.74) is 1.44. The Kier molecular flexibility index (Phi) is 6.65. The van der Waals surface area contributed by atoms with Gasteiger partial charge in [-0.1, -0.05) is 46.8 Å². The van der Waals surface area contributed by atoms with E-state index in [-0.39, 0.29) is 36.1 Å². The van der Waals surface area contributed by atoms with Crippen LogP contribution in [0.25, 0.3) is 0 Å². The van der Waals surface area contributed by atoms with Crippen LogP contribution in [0.2, 0.25) is 0 Å². The minimum atomic E-state index is -0.548. The van der Waals surface area contributed by atoms with Gasteiger partial charge in [-0.05, 0) is 47.0 Å². The highest BCUT2D eigenvalue weighted by Crippen LogP contribution is 2.38. The summed E-state index contributed by atoms with van der Waals surface area (Å²) in [6.07, 6.45) is 0.799. The van der Waals surface area contributed by atoms with Crippen LogP contribution >= 0.6 is 11.3 Å². The molecule has 0 spiro atoms. The summed E-state index contributed by atoms with van der Waals surface area (Å²) in [4.78, 5) is 31.3. The van der Waals surface area contributed by atoms with Crippen molar-refractivity contribution < 1.29 is 14.0 Å². The van der Waals surface area contributed by atoms with E-state index in [1.807, 2.05) is 44.9 Å². The van der Waals surface area contributed by atoms with Crippen molar-refractivity contribution in [2.75, 3.05) is 19.6 Å². The fraction of sp³-hybridized carbons (Fsp3) is 0.500. The lowest BCUT2D eigenvalue weighted by Gasteiger charge is -2.38. The molecule has 1 aromatic heterocycles. The number of hydrogen-bond acceptors (Lipinski definition) is 3. The van der Waals surface area contributed by atoms with Crippen LogP contribution in [0.3, 0.4) is 0 Å². The molecule has 162 valence electrons. The number of halogens is 1. The zero-order chi connectivity index (χ0) is 22.1. The first-order valence-corrected chi connectivity index (χ1v) is 11.4. The SMILES string of the molecule is CC(C)CN(CC(=O)N1CCc2sccc2C1c1ccc(F)cc1)C(=O)C(C)(C)C. The lowest BCUT2D eigenvalue weighted by atomic mass is 9.92. The van der Waals surface area contributed by atoms with Gasteiger partial charge in [0, 0.05) is 23.4 Å². The Morgan fingerprint density at radius 1 is 1.20 bits per heavy atom. The fourth-order valence-corrected chi connectivity index (χ4v) is 4.88. The van der Waals surface area contributed by atoms with Gasteiger partial charge in [-0.2, -0.15) is 0 Å². The van der Waals surface area contributed by atoms with E-state index in [1.54, 1.807) is 28.4 Å². The highest BCUT2D eigenvalue weighted by molar-refractivity contribution is 7.10. The first-order valence-electron chi connectivity index (χ1n) is 10.5. The van der Waals surface area contributed by atoms with Crippen molar-refractivity contribution >= 4 is 23.2 Å². The van der Waals surface area contributed by atoms with Crippen molar-refractivity contribution in [3.63, 3.8) is 0 Å². The van der Waals surface area contributed by atoms with E-state index in [4.69, 9.17) is 0 Å². The zero-order valence-electron chi connectivity index (χ0n) is 18.4. The Bertz CT molecular complexity index is 899. The van der Waals surface area contributed by atoms with Crippen LogP contribution in [0.4, 0.5) is 4.39 Å². The Hall–Kier alpha value is -2.21. The van der Waals surface area contributed by atoms with Crippen LogP contribution in [-0.2, 0) is 16.0 Å². The topological polar surface area (TPSA) is 40.6 Å². The van der Waals surface area contributed by atoms with E-state index in [9.17, 15) is 14.0 Å². The molecule has 2 amide bonds. The van der Waals surface area contributed by atoms with Crippen LogP contribution in [0.5, 0.6) is 0 Å². The Morgan fingerprint density at radius 2 is 1.87 bits per heavy atom. The largest absolute Gasteiger partial charge is 0.333 e. The number of carbonyl (C=O) groups excluding carboxylic acids is 2. The third-order valence-corrected chi connectivity index (χ3v) is 6.31. The maximum atomic E-state index is 13.5. The highest BCUT2D eigenvalue weighted by atomic mass is 32.1. The Balaban J connectivity index is 1.90. The number of hydrogen-bond donors (Lipinski definition) is 0. The van der Waals surface area contributed by atoms with Crippen molar-refractivity contribution in [2.24, 2.45) is 11.3 Å². The summed E-state index contributed by atoms with van der Waals surface area (Å²) in [5, 5.41) is 2.05. The van der Waals surface area contributed by atoms with Gasteiger partial charge in [0.05, 0.1) is 12.6 Å². The normalized spacial score (nSPS) is 16.5. The van der Waals surface area contributed by atoms with Gasteiger partial charge in [-0.25, -0.2) is 4.39 Å². The highest BCUT2D eigenvalue weighted by Gasteiger charge is 2.35. The number of rotatable bonds is 5. The van der Waals surface area contributed by atoms with Gasteiger partial charge in [-0.15, -0.1) is 11.3 Å². The smallest absolute Gasteiger partial charge is 0.242 e. The number of fused-ring (bicyclic) bond motifs is 1. The number of nitrogens with zero attached hydrogens (tertiary/aromatic N) is 2. The van der Waals surface area contributed by atoms with Crippen molar-refractivity contribution in [2.45, 2.75) is 47.1 Å². The molecule has 0 radical (unpaired) electrons. The molecule has 4 nitrogen and oxygen atoms in total. The molecule has 1 aliphatic heterocycles. The molecular formula is C24H31FN2O2S. The summed E-state index contributed by atoms with van der Waals surface area (Å²) in [6, 6.07) is 8.18. The second-order valence-electron chi connectivity index (χ2n) is 9.42. The van der Waals surface area contributed by atoms with Crippen LogP contribution in [0, 0.1) is 17.2 Å². The zero-order valence-corrected chi connectivity index (χ0v) is 19.3. The van der Waals surface area contributed by atoms with Crippen molar-refractivity contribution in [1.82, 2.24) is 9.80 Å². The second-order valence-corrected chi connectivity index (χ2v) is 10.4.